The fraction of sp³-hybridized carbons (Fsp3) is 0.550. The normalized spacial score (nSPS) is 12.3. The Balaban J connectivity index is 2.21. The van der Waals surface area contributed by atoms with Crippen LogP contribution in [0.1, 0.15) is 69.7 Å². The molecule has 0 atom stereocenters. The van der Waals surface area contributed by atoms with E-state index in [0.29, 0.717) is 23.7 Å². The molecule has 1 aromatic heterocycles. The van der Waals surface area contributed by atoms with Crippen LogP contribution in [0.4, 0.5) is 5.13 Å². The number of aromatic hydroxyl groups is 1. The number of nitrogens with one attached hydrogen (secondary N) is 1. The summed E-state index contributed by atoms with van der Waals surface area (Å²) in [6.07, 6.45) is 0.965. The number of nitrogens with zero attached hydrogens (tertiary/aromatic N) is 2. The Morgan fingerprint density at radius 2 is 1.62 bits per heavy atom. The molecule has 2 N–H and O–H groups in total. The van der Waals surface area contributed by atoms with Crippen LogP contribution < -0.4 is 5.32 Å². The Morgan fingerprint density at radius 3 is 2.04 bits per heavy atom. The van der Waals surface area contributed by atoms with E-state index < -0.39 is 0 Å². The van der Waals surface area contributed by atoms with Crippen molar-refractivity contribution in [2.75, 3.05) is 5.32 Å². The Kier molecular flexibility index (Phi) is 5.76. The molecular formula is C20H29N3O2S. The van der Waals surface area contributed by atoms with Crippen LogP contribution in [0, 0.1) is 6.92 Å². The summed E-state index contributed by atoms with van der Waals surface area (Å²) in [5.74, 6) is 0.284. The summed E-state index contributed by atoms with van der Waals surface area (Å²) in [7, 11) is 0. The molecule has 1 amide bonds. The summed E-state index contributed by atoms with van der Waals surface area (Å²) in [5, 5.41) is 22.7. The largest absolute Gasteiger partial charge is 0.507 e. The zero-order chi connectivity index (χ0) is 19.7. The van der Waals surface area contributed by atoms with Crippen LogP contribution in [0.3, 0.4) is 0 Å². The van der Waals surface area contributed by atoms with Crippen LogP contribution in [0.5, 0.6) is 5.75 Å². The topological polar surface area (TPSA) is 75.1 Å². The molecule has 142 valence electrons. The molecular weight excluding hydrogens is 346 g/mol. The van der Waals surface area contributed by atoms with E-state index in [-0.39, 0.29) is 16.7 Å². The minimum Gasteiger partial charge on any atom is -0.507 e. The molecule has 0 aliphatic carbocycles. The molecule has 26 heavy (non-hydrogen) atoms. The van der Waals surface area contributed by atoms with Gasteiger partial charge in [-0.1, -0.05) is 65.0 Å². The van der Waals surface area contributed by atoms with Gasteiger partial charge in [0.25, 0.3) is 0 Å². The predicted molar refractivity (Wildman–Crippen MR) is 107 cm³/mol. The number of carbonyl (C=O) groups excluding carboxylic acids is 1. The third kappa shape index (κ3) is 5.04. The second-order valence-corrected chi connectivity index (χ2v) is 9.90. The summed E-state index contributed by atoms with van der Waals surface area (Å²) >= 11 is 1.36. The van der Waals surface area contributed by atoms with Gasteiger partial charge in [0, 0.05) is 6.42 Å². The Bertz CT molecular complexity index is 763. The van der Waals surface area contributed by atoms with Crippen molar-refractivity contribution >= 4 is 22.4 Å². The minimum absolute atomic E-state index is 0.0798. The average Bonchev–Trinajstić information content (AvgIpc) is 2.88. The highest BCUT2D eigenvalue weighted by Crippen LogP contribution is 2.40. The van der Waals surface area contributed by atoms with Crippen LogP contribution in [-0.4, -0.2) is 21.2 Å². The number of amides is 1. The molecule has 0 bridgehead atoms. The number of hydrogen-bond acceptors (Lipinski definition) is 5. The highest BCUT2D eigenvalue weighted by atomic mass is 32.1. The molecule has 0 fully saturated rings. The van der Waals surface area contributed by atoms with Crippen molar-refractivity contribution in [3.05, 3.63) is 33.8 Å². The molecule has 2 rings (SSSR count). The quantitative estimate of drug-likeness (QED) is 0.811. The molecule has 0 spiro atoms. The molecule has 6 heteroatoms. The van der Waals surface area contributed by atoms with Crippen molar-refractivity contribution < 1.29 is 9.90 Å². The van der Waals surface area contributed by atoms with E-state index in [9.17, 15) is 9.90 Å². The van der Waals surface area contributed by atoms with E-state index in [1.807, 2.05) is 19.1 Å². The second-order valence-electron chi connectivity index (χ2n) is 8.71. The fourth-order valence-electron chi connectivity index (χ4n) is 2.77. The monoisotopic (exact) mass is 375 g/mol. The minimum atomic E-state index is -0.174. The number of hydrogen-bond donors (Lipinski definition) is 2. The number of phenolic OH excluding ortho intramolecular Hbond substituents is 1. The maximum absolute atomic E-state index is 12.2. The van der Waals surface area contributed by atoms with Gasteiger partial charge in [-0.25, -0.2) is 0 Å². The molecule has 0 unspecified atom stereocenters. The highest BCUT2D eigenvalue weighted by Gasteiger charge is 2.26. The number of aromatic nitrogens is 2. The van der Waals surface area contributed by atoms with Gasteiger partial charge in [-0.15, -0.1) is 10.2 Å². The number of rotatable bonds is 4. The smallest absolute Gasteiger partial charge is 0.226 e. The van der Waals surface area contributed by atoms with Crippen molar-refractivity contribution in [1.29, 1.82) is 0 Å². The van der Waals surface area contributed by atoms with Gasteiger partial charge in [-0.3, -0.25) is 4.79 Å². The van der Waals surface area contributed by atoms with Gasteiger partial charge in [-0.05, 0) is 40.9 Å². The van der Waals surface area contributed by atoms with Gasteiger partial charge in [0.05, 0.1) is 0 Å². The fourth-order valence-corrected chi connectivity index (χ4v) is 3.38. The van der Waals surface area contributed by atoms with Crippen molar-refractivity contribution in [3.63, 3.8) is 0 Å². The standard InChI is InChI=1S/C20H29N3O2S/c1-12-22-23-18(26-12)21-16(24)9-8-13-10-14(19(2,3)4)17(25)15(11-13)20(5,6)7/h10-11,25H,8-9H2,1-7H3,(H,21,23,24). The van der Waals surface area contributed by atoms with Crippen LogP contribution in [0.15, 0.2) is 12.1 Å². The summed E-state index contributed by atoms with van der Waals surface area (Å²) < 4.78 is 0. The maximum Gasteiger partial charge on any atom is 0.226 e. The predicted octanol–water partition coefficient (Wildman–Crippen LogP) is 4.72. The van der Waals surface area contributed by atoms with Crippen LogP contribution in [0.25, 0.3) is 0 Å². The Morgan fingerprint density at radius 1 is 1.08 bits per heavy atom. The Hall–Kier alpha value is -1.95. The van der Waals surface area contributed by atoms with E-state index in [4.69, 9.17) is 0 Å². The third-order valence-corrected chi connectivity index (χ3v) is 4.95. The van der Waals surface area contributed by atoms with Crippen LogP contribution >= 0.6 is 11.3 Å². The molecule has 0 radical (unpaired) electrons. The van der Waals surface area contributed by atoms with E-state index in [0.717, 1.165) is 21.7 Å². The van der Waals surface area contributed by atoms with Crippen molar-refractivity contribution in [1.82, 2.24) is 10.2 Å². The first-order chi connectivity index (χ1) is 11.9. The second kappa shape index (κ2) is 7.35. The highest BCUT2D eigenvalue weighted by molar-refractivity contribution is 7.15. The lowest BCUT2D eigenvalue weighted by molar-refractivity contribution is -0.116. The molecule has 1 heterocycles. The molecule has 0 aliphatic heterocycles. The van der Waals surface area contributed by atoms with Gasteiger partial charge in [-0.2, -0.15) is 0 Å². The zero-order valence-electron chi connectivity index (χ0n) is 16.7. The van der Waals surface area contributed by atoms with Gasteiger partial charge >= 0.3 is 0 Å². The SMILES string of the molecule is Cc1nnc(NC(=O)CCc2cc(C(C)(C)C)c(O)c(C(C)(C)C)c2)s1. The number of benzene rings is 1. The summed E-state index contributed by atoms with van der Waals surface area (Å²) in [5.41, 5.74) is 2.54. The lowest BCUT2D eigenvalue weighted by Crippen LogP contribution is -2.18. The van der Waals surface area contributed by atoms with Crippen LogP contribution in [-0.2, 0) is 22.0 Å². The summed E-state index contributed by atoms with van der Waals surface area (Å²) in [6, 6.07) is 4.04. The number of anilines is 1. The van der Waals surface area contributed by atoms with Crippen molar-refractivity contribution in [2.24, 2.45) is 0 Å². The van der Waals surface area contributed by atoms with Crippen molar-refractivity contribution in [2.45, 2.75) is 72.1 Å². The molecule has 0 saturated heterocycles. The van der Waals surface area contributed by atoms with E-state index in [1.165, 1.54) is 11.3 Å². The number of aryl methyl sites for hydroxylation is 2. The van der Waals surface area contributed by atoms with Crippen LogP contribution in [0.2, 0.25) is 0 Å². The number of carbonyl (C=O) groups is 1. The zero-order valence-corrected chi connectivity index (χ0v) is 17.5. The maximum atomic E-state index is 12.2. The lowest BCUT2D eigenvalue weighted by Gasteiger charge is -2.28. The van der Waals surface area contributed by atoms with E-state index >= 15 is 0 Å². The van der Waals surface area contributed by atoms with Crippen molar-refractivity contribution in [3.8, 4) is 5.75 Å². The number of phenols is 1. The molecule has 1 aromatic carbocycles. The molecule has 2 aromatic rings. The third-order valence-electron chi connectivity index (χ3n) is 4.20. The van der Waals surface area contributed by atoms with Gasteiger partial charge in [0.2, 0.25) is 11.0 Å². The first-order valence-electron chi connectivity index (χ1n) is 8.85. The first kappa shape index (κ1) is 20.4. The van der Waals surface area contributed by atoms with Gasteiger partial charge in [0.1, 0.15) is 10.8 Å². The lowest BCUT2D eigenvalue weighted by atomic mass is 9.78. The summed E-state index contributed by atoms with van der Waals surface area (Å²) in [4.78, 5) is 12.2. The van der Waals surface area contributed by atoms with E-state index in [2.05, 4.69) is 57.1 Å². The Labute approximate surface area is 159 Å². The average molecular weight is 376 g/mol. The first-order valence-corrected chi connectivity index (χ1v) is 9.66. The van der Waals surface area contributed by atoms with Gasteiger partial charge < -0.3 is 10.4 Å². The molecule has 5 nitrogen and oxygen atoms in total. The summed E-state index contributed by atoms with van der Waals surface area (Å²) in [6.45, 7) is 14.4. The van der Waals surface area contributed by atoms with Gasteiger partial charge in [0.15, 0.2) is 0 Å². The van der Waals surface area contributed by atoms with E-state index in [1.54, 1.807) is 0 Å². The molecule has 0 saturated carbocycles. The molecule has 0 aliphatic rings.